The van der Waals surface area contributed by atoms with Gasteiger partial charge in [0.2, 0.25) is 0 Å². The second kappa shape index (κ2) is 11.7. The summed E-state index contributed by atoms with van der Waals surface area (Å²) in [6.07, 6.45) is 0.298. The molecule has 1 aliphatic heterocycles. The first-order valence-electron chi connectivity index (χ1n) is 10.6. The molecule has 1 aromatic heterocycles. The van der Waals surface area contributed by atoms with Crippen LogP contribution in [0.15, 0.2) is 20.8 Å². The maximum absolute atomic E-state index is 12.5. The molecule has 0 radical (unpaired) electrons. The van der Waals surface area contributed by atoms with Crippen molar-refractivity contribution in [2.45, 2.75) is 64.6 Å². The van der Waals surface area contributed by atoms with Crippen molar-refractivity contribution in [3.05, 3.63) is 37.6 Å². The van der Waals surface area contributed by atoms with E-state index in [0.717, 1.165) is 0 Å². The molecule has 1 fully saturated rings. The summed E-state index contributed by atoms with van der Waals surface area (Å²) in [5.41, 5.74) is 10.7. The molecule has 0 saturated carbocycles. The summed E-state index contributed by atoms with van der Waals surface area (Å²) in [6.45, 7) is 6.90. The number of ether oxygens (including phenoxy) is 3. The van der Waals surface area contributed by atoms with E-state index in [0.29, 0.717) is 0 Å². The van der Waals surface area contributed by atoms with E-state index in [9.17, 15) is 19.2 Å². The van der Waals surface area contributed by atoms with Crippen LogP contribution in [0.3, 0.4) is 0 Å². The molecule has 1 aromatic rings. The van der Waals surface area contributed by atoms with Crippen molar-refractivity contribution in [1.29, 1.82) is 0 Å². The van der Waals surface area contributed by atoms with Crippen molar-refractivity contribution >= 4 is 33.9 Å². The molecule has 0 aliphatic carbocycles. The third kappa shape index (κ3) is 6.85. The highest BCUT2D eigenvalue weighted by molar-refractivity contribution is 9.11. The number of H-pyrrole nitrogens is 1. The van der Waals surface area contributed by atoms with E-state index in [-0.39, 0.29) is 30.4 Å². The zero-order valence-corrected chi connectivity index (χ0v) is 20.6. The lowest BCUT2D eigenvalue weighted by molar-refractivity contribution is -0.161. The summed E-state index contributed by atoms with van der Waals surface area (Å²) in [5, 5.41) is 0. The fourth-order valence-corrected chi connectivity index (χ4v) is 3.36. The first-order chi connectivity index (χ1) is 15.5. The molecule has 33 heavy (non-hydrogen) atoms. The van der Waals surface area contributed by atoms with E-state index in [1.807, 2.05) is 0 Å². The third-order valence-electron chi connectivity index (χ3n) is 5.37. The summed E-state index contributed by atoms with van der Waals surface area (Å²) in [7, 11) is 0. The Morgan fingerprint density at radius 3 is 2.39 bits per heavy atom. The van der Waals surface area contributed by atoms with Crippen molar-refractivity contribution in [2.24, 2.45) is 23.3 Å². The summed E-state index contributed by atoms with van der Waals surface area (Å²) >= 11 is 3.09. The maximum atomic E-state index is 12.5. The van der Waals surface area contributed by atoms with Crippen molar-refractivity contribution in [3.63, 3.8) is 0 Å². The van der Waals surface area contributed by atoms with E-state index < -0.39 is 53.7 Å². The van der Waals surface area contributed by atoms with Gasteiger partial charge in [-0.1, -0.05) is 43.6 Å². The second-order valence-electron chi connectivity index (χ2n) is 8.55. The fourth-order valence-electron chi connectivity index (χ4n) is 3.08. The molecule has 1 saturated heterocycles. The topological polar surface area (TPSA) is 169 Å². The third-order valence-corrected chi connectivity index (χ3v) is 5.63. The number of carbonyl (C=O) groups excluding carboxylic acids is 2. The van der Waals surface area contributed by atoms with Crippen LogP contribution >= 0.6 is 15.9 Å². The summed E-state index contributed by atoms with van der Waals surface area (Å²) in [6, 6.07) is -1.67. The van der Waals surface area contributed by atoms with Crippen molar-refractivity contribution in [3.8, 4) is 0 Å². The number of esters is 2. The number of aromatic amines is 1. The highest BCUT2D eigenvalue weighted by atomic mass is 79.9. The van der Waals surface area contributed by atoms with Gasteiger partial charge >= 0.3 is 17.6 Å². The molecule has 12 heteroatoms. The van der Waals surface area contributed by atoms with Crippen LogP contribution in [0.5, 0.6) is 0 Å². The lowest BCUT2D eigenvalue weighted by Gasteiger charge is -2.22. The Balaban J connectivity index is 2.27. The average molecular weight is 531 g/mol. The number of aromatic nitrogens is 2. The molecule has 5 N–H and O–H groups in total. The minimum absolute atomic E-state index is 0.0818. The summed E-state index contributed by atoms with van der Waals surface area (Å²) < 4.78 is 18.0. The van der Waals surface area contributed by atoms with E-state index >= 15 is 0 Å². The standard InChI is InChI=1S/C21H31BrN4O7/c1-10(2)16(23)19(28)31-9-14-13(33-20(29)17(24)11(3)4)7-15(32-14)26-8-12(5-6-22)18(27)25-21(26)30/h5-6,8,10-11,13-17H,7,9,23-24H2,1-4H3,(H,25,27,30)/b6-5+/t13?,14-,15-,16-,17-/m0/s1. The molecule has 184 valence electrons. The predicted molar refractivity (Wildman–Crippen MR) is 124 cm³/mol. The molecule has 0 bridgehead atoms. The molecule has 0 spiro atoms. The molecule has 11 nitrogen and oxygen atoms in total. The Labute approximate surface area is 199 Å². The van der Waals surface area contributed by atoms with Crippen LogP contribution in [-0.2, 0) is 23.8 Å². The van der Waals surface area contributed by atoms with Gasteiger partial charge in [0.25, 0.3) is 5.56 Å². The summed E-state index contributed by atoms with van der Waals surface area (Å²) in [5.74, 6) is -1.54. The lowest BCUT2D eigenvalue weighted by Crippen LogP contribution is -2.42. The number of hydrogen-bond acceptors (Lipinski definition) is 9. The van der Waals surface area contributed by atoms with Crippen LogP contribution in [0.25, 0.3) is 6.08 Å². The van der Waals surface area contributed by atoms with Crippen LogP contribution in [-0.4, -0.2) is 52.4 Å². The second-order valence-corrected chi connectivity index (χ2v) is 9.08. The largest absolute Gasteiger partial charge is 0.462 e. The number of rotatable bonds is 9. The zero-order valence-electron chi connectivity index (χ0n) is 19.0. The Morgan fingerprint density at radius 1 is 1.21 bits per heavy atom. The van der Waals surface area contributed by atoms with E-state index in [4.69, 9.17) is 25.7 Å². The Morgan fingerprint density at radius 2 is 1.82 bits per heavy atom. The van der Waals surface area contributed by atoms with Gasteiger partial charge in [0.05, 0.1) is 5.56 Å². The van der Waals surface area contributed by atoms with Crippen LogP contribution in [0.2, 0.25) is 0 Å². The van der Waals surface area contributed by atoms with Crippen molar-refractivity contribution in [2.75, 3.05) is 6.61 Å². The Bertz CT molecular complexity index is 988. The van der Waals surface area contributed by atoms with Gasteiger partial charge in [-0.2, -0.15) is 0 Å². The van der Waals surface area contributed by atoms with Crippen molar-refractivity contribution in [1.82, 2.24) is 9.55 Å². The smallest absolute Gasteiger partial charge is 0.330 e. The first-order valence-corrected chi connectivity index (χ1v) is 11.5. The van der Waals surface area contributed by atoms with Gasteiger partial charge in [-0.3, -0.25) is 23.9 Å². The van der Waals surface area contributed by atoms with Gasteiger partial charge in [-0.25, -0.2) is 4.79 Å². The van der Waals surface area contributed by atoms with E-state index in [1.165, 1.54) is 21.8 Å². The molecule has 0 aromatic carbocycles. The van der Waals surface area contributed by atoms with E-state index in [2.05, 4.69) is 20.9 Å². The highest BCUT2D eigenvalue weighted by Crippen LogP contribution is 2.31. The van der Waals surface area contributed by atoms with Gasteiger partial charge in [0, 0.05) is 12.6 Å². The van der Waals surface area contributed by atoms with Crippen LogP contribution in [0.4, 0.5) is 0 Å². The first kappa shape index (κ1) is 27.0. The van der Waals surface area contributed by atoms with Gasteiger partial charge in [-0.15, -0.1) is 0 Å². The highest BCUT2D eigenvalue weighted by Gasteiger charge is 2.41. The molecule has 1 unspecified atom stereocenters. The molecule has 5 atom stereocenters. The maximum Gasteiger partial charge on any atom is 0.330 e. The lowest BCUT2D eigenvalue weighted by atomic mass is 10.1. The Hall–Kier alpha value is -2.28. The van der Waals surface area contributed by atoms with Gasteiger partial charge < -0.3 is 25.7 Å². The minimum Gasteiger partial charge on any atom is -0.462 e. The normalized spacial score (nSPS) is 22.6. The molecule has 2 rings (SSSR count). The molecular formula is C21H31BrN4O7. The van der Waals surface area contributed by atoms with Gasteiger partial charge in [-0.05, 0) is 22.9 Å². The van der Waals surface area contributed by atoms with Gasteiger partial charge in [0.15, 0.2) is 0 Å². The van der Waals surface area contributed by atoms with E-state index in [1.54, 1.807) is 27.7 Å². The van der Waals surface area contributed by atoms with Gasteiger partial charge in [0.1, 0.15) is 37.1 Å². The van der Waals surface area contributed by atoms with Crippen LogP contribution < -0.4 is 22.7 Å². The van der Waals surface area contributed by atoms with Crippen LogP contribution in [0, 0.1) is 11.8 Å². The average Bonchev–Trinajstić information content (AvgIpc) is 3.14. The molecular weight excluding hydrogens is 500 g/mol. The van der Waals surface area contributed by atoms with Crippen molar-refractivity contribution < 1.29 is 23.8 Å². The Kier molecular flexibility index (Phi) is 9.58. The molecule has 2 heterocycles. The van der Waals surface area contributed by atoms with Crippen LogP contribution in [0.1, 0.15) is 45.9 Å². The molecule has 1 aliphatic rings. The fraction of sp³-hybridized carbons (Fsp3) is 0.619. The SMILES string of the molecule is CC(C)[C@H](N)C(=O)OC[C@@H]1O[C@H](n2cc(/C=C/Br)c(=O)[nH]c2=O)CC1OC(=O)[C@@H](N)C(C)C. The monoisotopic (exact) mass is 530 g/mol. The number of nitrogens with one attached hydrogen (secondary N) is 1. The number of halogens is 1. The number of hydrogen-bond donors (Lipinski definition) is 3. The molecule has 0 amide bonds. The predicted octanol–water partition coefficient (Wildman–Crippen LogP) is 0.611. The number of carbonyl (C=O) groups is 2. The number of nitrogens with zero attached hydrogens (tertiary/aromatic N) is 1. The number of nitrogens with two attached hydrogens (primary N) is 2. The summed E-state index contributed by atoms with van der Waals surface area (Å²) in [4.78, 5) is 52.7. The quantitative estimate of drug-likeness (QED) is 0.387. The zero-order chi connectivity index (χ0) is 24.9. The minimum atomic E-state index is -0.882.